The van der Waals surface area contributed by atoms with Crippen LogP contribution in [-0.2, 0) is 5.88 Å². The molecule has 2 nitrogen and oxygen atoms in total. The predicted octanol–water partition coefficient (Wildman–Crippen LogP) is 2.94. The van der Waals surface area contributed by atoms with E-state index in [1.54, 1.807) is 13.0 Å². The van der Waals surface area contributed by atoms with Crippen molar-refractivity contribution in [2.75, 3.05) is 0 Å². The van der Waals surface area contributed by atoms with E-state index in [0.29, 0.717) is 5.69 Å². The third kappa shape index (κ3) is 1.99. The van der Waals surface area contributed by atoms with Crippen LogP contribution in [0.5, 0.6) is 0 Å². The summed E-state index contributed by atoms with van der Waals surface area (Å²) in [4.78, 5) is 3.86. The monoisotopic (exact) mass is 216 g/mol. The van der Waals surface area contributed by atoms with Gasteiger partial charge in [0.25, 0.3) is 6.43 Å². The van der Waals surface area contributed by atoms with Crippen LogP contribution < -0.4 is 0 Å². The molecule has 0 atom stereocenters. The molecular weight excluding hydrogens is 210 g/mol. The Kier molecular flexibility index (Phi) is 3.37. The van der Waals surface area contributed by atoms with Gasteiger partial charge in [-0.05, 0) is 13.0 Å². The normalized spacial score (nSPS) is 10.3. The molecule has 1 aromatic heterocycles. The van der Waals surface area contributed by atoms with Crippen molar-refractivity contribution in [2.45, 2.75) is 19.2 Å². The zero-order chi connectivity index (χ0) is 10.7. The van der Waals surface area contributed by atoms with Crippen molar-refractivity contribution in [1.29, 1.82) is 5.26 Å². The number of nitrogens with zero attached hydrogens (tertiary/aromatic N) is 2. The Hall–Kier alpha value is -1.21. The fourth-order valence-corrected chi connectivity index (χ4v) is 1.39. The minimum absolute atomic E-state index is 0.0526. The molecule has 0 aliphatic heterocycles. The Bertz CT molecular complexity index is 385. The molecular formula is C9H7ClF2N2. The van der Waals surface area contributed by atoms with E-state index in [4.69, 9.17) is 16.9 Å². The molecule has 14 heavy (non-hydrogen) atoms. The smallest absolute Gasteiger partial charge is 0.256 e. The van der Waals surface area contributed by atoms with Gasteiger partial charge in [0.1, 0.15) is 0 Å². The lowest BCUT2D eigenvalue weighted by Gasteiger charge is -2.08. The van der Waals surface area contributed by atoms with Crippen molar-refractivity contribution in [3.8, 4) is 6.07 Å². The van der Waals surface area contributed by atoms with E-state index < -0.39 is 6.43 Å². The van der Waals surface area contributed by atoms with E-state index in [1.165, 1.54) is 6.07 Å². The highest BCUT2D eigenvalue weighted by Crippen LogP contribution is 2.26. The van der Waals surface area contributed by atoms with Gasteiger partial charge in [-0.15, -0.1) is 11.6 Å². The minimum atomic E-state index is -2.72. The van der Waals surface area contributed by atoms with Crippen LogP contribution in [0.25, 0.3) is 0 Å². The van der Waals surface area contributed by atoms with Crippen LogP contribution in [0.1, 0.15) is 28.9 Å². The number of nitriles is 1. The SMILES string of the molecule is Cc1cc(C#N)c(C(F)F)c(CCl)n1. The Balaban J connectivity index is 3.42. The Morgan fingerprint density at radius 3 is 2.71 bits per heavy atom. The first kappa shape index (κ1) is 10.9. The third-order valence-electron chi connectivity index (χ3n) is 1.73. The fraction of sp³-hybridized carbons (Fsp3) is 0.333. The average Bonchev–Trinajstić information content (AvgIpc) is 2.15. The van der Waals surface area contributed by atoms with Crippen LogP contribution in [0, 0.1) is 18.3 Å². The second kappa shape index (κ2) is 4.34. The molecule has 0 radical (unpaired) electrons. The summed E-state index contributed by atoms with van der Waals surface area (Å²) < 4.78 is 25.1. The van der Waals surface area contributed by atoms with E-state index in [2.05, 4.69) is 4.98 Å². The highest BCUT2D eigenvalue weighted by Gasteiger charge is 2.19. The summed E-state index contributed by atoms with van der Waals surface area (Å²) >= 11 is 5.47. The predicted molar refractivity (Wildman–Crippen MR) is 48.2 cm³/mol. The second-order valence-corrected chi connectivity index (χ2v) is 2.98. The van der Waals surface area contributed by atoms with Crippen molar-refractivity contribution >= 4 is 11.6 Å². The molecule has 0 aliphatic rings. The first-order chi connectivity index (χ1) is 6.60. The Morgan fingerprint density at radius 2 is 2.29 bits per heavy atom. The van der Waals surface area contributed by atoms with Crippen LogP contribution in [0.3, 0.4) is 0 Å². The number of pyridine rings is 1. The maximum Gasteiger partial charge on any atom is 0.266 e. The minimum Gasteiger partial charge on any atom is -0.256 e. The van der Waals surface area contributed by atoms with E-state index in [1.807, 2.05) is 0 Å². The quantitative estimate of drug-likeness (QED) is 0.713. The van der Waals surface area contributed by atoms with Gasteiger partial charge in [-0.2, -0.15) is 5.26 Å². The van der Waals surface area contributed by atoms with Crippen molar-refractivity contribution in [2.24, 2.45) is 0 Å². The van der Waals surface area contributed by atoms with E-state index in [-0.39, 0.29) is 22.7 Å². The Morgan fingerprint density at radius 1 is 1.64 bits per heavy atom. The maximum atomic E-state index is 12.5. The zero-order valence-corrected chi connectivity index (χ0v) is 8.15. The molecule has 1 rings (SSSR count). The maximum absolute atomic E-state index is 12.5. The third-order valence-corrected chi connectivity index (χ3v) is 1.98. The first-order valence-corrected chi connectivity index (χ1v) is 4.38. The lowest BCUT2D eigenvalue weighted by molar-refractivity contribution is 0.149. The summed E-state index contributed by atoms with van der Waals surface area (Å²) in [6.07, 6.45) is -2.72. The number of aromatic nitrogens is 1. The van der Waals surface area contributed by atoms with Gasteiger partial charge >= 0.3 is 0 Å². The molecule has 0 aromatic carbocycles. The van der Waals surface area contributed by atoms with Crippen LogP contribution in [0.15, 0.2) is 6.07 Å². The summed E-state index contributed by atoms with van der Waals surface area (Å²) in [5.74, 6) is -0.115. The highest BCUT2D eigenvalue weighted by molar-refractivity contribution is 6.17. The zero-order valence-electron chi connectivity index (χ0n) is 7.39. The summed E-state index contributed by atoms with van der Waals surface area (Å²) in [6, 6.07) is 3.04. The number of aryl methyl sites for hydroxylation is 1. The fourth-order valence-electron chi connectivity index (χ4n) is 1.19. The molecule has 1 aromatic rings. The van der Waals surface area contributed by atoms with Gasteiger partial charge in [0.2, 0.25) is 0 Å². The molecule has 0 unspecified atom stereocenters. The van der Waals surface area contributed by atoms with E-state index in [0.717, 1.165) is 0 Å². The van der Waals surface area contributed by atoms with Crippen LogP contribution in [-0.4, -0.2) is 4.98 Å². The molecule has 0 spiro atoms. The topological polar surface area (TPSA) is 36.7 Å². The largest absolute Gasteiger partial charge is 0.266 e. The van der Waals surface area contributed by atoms with Gasteiger partial charge in [-0.3, -0.25) is 4.98 Å². The summed E-state index contributed by atoms with van der Waals surface area (Å²) in [5.41, 5.74) is 0.191. The first-order valence-electron chi connectivity index (χ1n) is 3.84. The molecule has 0 saturated heterocycles. The molecule has 0 saturated carbocycles. The standard InChI is InChI=1S/C9H7ClF2N2/c1-5-2-6(4-13)8(9(11)12)7(3-10)14-5/h2,9H,3H2,1H3. The molecule has 0 N–H and O–H groups in total. The number of rotatable bonds is 2. The van der Waals surface area contributed by atoms with Crippen molar-refractivity contribution in [1.82, 2.24) is 4.98 Å². The molecule has 5 heteroatoms. The van der Waals surface area contributed by atoms with Gasteiger partial charge in [0.05, 0.1) is 28.8 Å². The van der Waals surface area contributed by atoms with E-state index in [9.17, 15) is 8.78 Å². The summed E-state index contributed by atoms with van der Waals surface area (Å²) in [7, 11) is 0. The van der Waals surface area contributed by atoms with Gasteiger partial charge in [-0.25, -0.2) is 8.78 Å². The number of hydrogen-bond acceptors (Lipinski definition) is 2. The van der Waals surface area contributed by atoms with Gasteiger partial charge in [0, 0.05) is 5.69 Å². The van der Waals surface area contributed by atoms with Gasteiger partial charge < -0.3 is 0 Å². The van der Waals surface area contributed by atoms with Gasteiger partial charge in [0.15, 0.2) is 0 Å². The average molecular weight is 217 g/mol. The number of hydrogen-bond donors (Lipinski definition) is 0. The number of alkyl halides is 3. The molecule has 0 amide bonds. The Labute approximate surface area is 85.1 Å². The molecule has 0 bridgehead atoms. The lowest BCUT2D eigenvalue weighted by Crippen LogP contribution is -2.02. The van der Waals surface area contributed by atoms with E-state index >= 15 is 0 Å². The lowest BCUT2D eigenvalue weighted by atomic mass is 10.1. The molecule has 0 aliphatic carbocycles. The van der Waals surface area contributed by atoms with Crippen molar-refractivity contribution in [3.63, 3.8) is 0 Å². The summed E-state index contributed by atoms with van der Waals surface area (Å²) in [6.45, 7) is 1.63. The van der Waals surface area contributed by atoms with Crippen molar-refractivity contribution in [3.05, 3.63) is 28.6 Å². The van der Waals surface area contributed by atoms with Crippen LogP contribution in [0.4, 0.5) is 8.78 Å². The van der Waals surface area contributed by atoms with Crippen LogP contribution in [0.2, 0.25) is 0 Å². The van der Waals surface area contributed by atoms with Gasteiger partial charge in [-0.1, -0.05) is 0 Å². The van der Waals surface area contributed by atoms with Crippen LogP contribution >= 0.6 is 11.6 Å². The second-order valence-electron chi connectivity index (χ2n) is 2.72. The van der Waals surface area contributed by atoms with Crippen molar-refractivity contribution < 1.29 is 8.78 Å². The summed E-state index contributed by atoms with van der Waals surface area (Å²) in [5, 5.41) is 8.66. The molecule has 1 heterocycles. The molecule has 74 valence electrons. The molecule has 0 fully saturated rings. The number of halogens is 3. The highest BCUT2D eigenvalue weighted by atomic mass is 35.5.